The summed E-state index contributed by atoms with van der Waals surface area (Å²) >= 11 is 5.69. The van der Waals surface area contributed by atoms with E-state index in [4.69, 9.17) is 11.6 Å². The number of hydrogen-bond donors (Lipinski definition) is 0. The molecule has 0 fully saturated rings. The highest BCUT2D eigenvalue weighted by molar-refractivity contribution is 6.29. The van der Waals surface area contributed by atoms with Gasteiger partial charge < -0.3 is 0 Å². The van der Waals surface area contributed by atoms with Crippen LogP contribution in [0, 0.1) is 0 Å². The maximum atomic E-state index is 5.69. The molecule has 4 nitrogen and oxygen atoms in total. The van der Waals surface area contributed by atoms with Gasteiger partial charge in [-0.3, -0.25) is 4.99 Å². The van der Waals surface area contributed by atoms with E-state index in [-0.39, 0.29) is 0 Å². The summed E-state index contributed by atoms with van der Waals surface area (Å²) in [6, 6.07) is 1.66. The lowest BCUT2D eigenvalue weighted by Gasteiger charge is -1.92. The van der Waals surface area contributed by atoms with E-state index in [1.807, 2.05) is 0 Å². The Balaban J connectivity index is 2.83. The Morgan fingerprint density at radius 1 is 1.58 bits per heavy atom. The minimum atomic E-state index is 0.424. The predicted octanol–water partition coefficient (Wildman–Crippen LogP) is 1.71. The highest BCUT2D eigenvalue weighted by Gasteiger charge is 2.02. The fourth-order valence-corrected chi connectivity index (χ4v) is 1.08. The Bertz CT molecular complexity index is 434. The molecule has 12 heavy (non-hydrogen) atoms. The number of aliphatic imine (C=N–C) groups is 1. The molecule has 0 saturated carbocycles. The minimum Gasteiger partial charge on any atom is -0.259 e. The van der Waals surface area contributed by atoms with E-state index in [1.54, 1.807) is 23.0 Å². The van der Waals surface area contributed by atoms with Gasteiger partial charge in [0.1, 0.15) is 10.8 Å². The van der Waals surface area contributed by atoms with E-state index < -0.39 is 0 Å². The van der Waals surface area contributed by atoms with Gasteiger partial charge in [0.15, 0.2) is 5.65 Å². The summed E-state index contributed by atoms with van der Waals surface area (Å²) in [5.41, 5.74) is 1.26. The van der Waals surface area contributed by atoms with Gasteiger partial charge in [-0.2, -0.15) is 5.10 Å². The molecule has 0 aliphatic carbocycles. The summed E-state index contributed by atoms with van der Waals surface area (Å²) in [4.78, 5) is 7.78. The van der Waals surface area contributed by atoms with Gasteiger partial charge in [0.2, 0.25) is 0 Å². The van der Waals surface area contributed by atoms with Gasteiger partial charge in [-0.15, -0.1) is 0 Å². The lowest BCUT2D eigenvalue weighted by molar-refractivity contribution is 0.939. The van der Waals surface area contributed by atoms with Crippen LogP contribution in [0.1, 0.15) is 0 Å². The molecule has 2 rings (SSSR count). The second kappa shape index (κ2) is 2.57. The molecular formula is C7H5ClN4. The Labute approximate surface area is 73.5 Å². The minimum absolute atomic E-state index is 0.424. The van der Waals surface area contributed by atoms with E-state index in [1.165, 1.54) is 0 Å². The zero-order valence-corrected chi connectivity index (χ0v) is 6.86. The van der Waals surface area contributed by atoms with Gasteiger partial charge in [0.25, 0.3) is 0 Å². The molecule has 0 amide bonds. The van der Waals surface area contributed by atoms with E-state index in [2.05, 4.69) is 21.8 Å². The molecule has 0 unspecified atom stereocenters. The van der Waals surface area contributed by atoms with Gasteiger partial charge in [0.05, 0.1) is 6.20 Å². The van der Waals surface area contributed by atoms with Crippen LogP contribution in [0.15, 0.2) is 23.5 Å². The van der Waals surface area contributed by atoms with Gasteiger partial charge in [0, 0.05) is 6.20 Å². The van der Waals surface area contributed by atoms with Crippen LogP contribution in [-0.4, -0.2) is 21.3 Å². The molecule has 0 aliphatic rings. The molecule has 0 saturated heterocycles. The zero-order valence-electron chi connectivity index (χ0n) is 6.11. The molecule has 2 aromatic rings. The van der Waals surface area contributed by atoms with Crippen molar-refractivity contribution in [1.82, 2.24) is 14.6 Å². The van der Waals surface area contributed by atoms with Crippen LogP contribution in [0.25, 0.3) is 5.65 Å². The number of hydrogen-bond acceptors (Lipinski definition) is 3. The maximum absolute atomic E-state index is 5.69. The van der Waals surface area contributed by atoms with Crippen LogP contribution in [0.2, 0.25) is 5.15 Å². The second-order valence-electron chi connectivity index (χ2n) is 2.21. The molecule has 2 aromatic heterocycles. The SMILES string of the molecule is C=Nc1cnn2ccc(Cl)nc12. The Kier molecular flexibility index (Phi) is 1.55. The number of halogens is 1. The van der Waals surface area contributed by atoms with E-state index >= 15 is 0 Å². The smallest absolute Gasteiger partial charge is 0.182 e. The van der Waals surface area contributed by atoms with Crippen molar-refractivity contribution in [1.29, 1.82) is 0 Å². The summed E-state index contributed by atoms with van der Waals surface area (Å²) in [7, 11) is 0. The van der Waals surface area contributed by atoms with Crippen LogP contribution in [-0.2, 0) is 0 Å². The Hall–Kier alpha value is -1.42. The van der Waals surface area contributed by atoms with Crippen LogP contribution in [0.4, 0.5) is 5.69 Å². The third kappa shape index (κ3) is 0.967. The highest BCUT2D eigenvalue weighted by atomic mass is 35.5. The predicted molar refractivity (Wildman–Crippen MR) is 47.2 cm³/mol. The molecule has 60 valence electrons. The first-order valence-electron chi connectivity index (χ1n) is 3.28. The topological polar surface area (TPSA) is 42.5 Å². The summed E-state index contributed by atoms with van der Waals surface area (Å²) in [6.07, 6.45) is 3.31. The van der Waals surface area contributed by atoms with Gasteiger partial charge >= 0.3 is 0 Å². The summed E-state index contributed by atoms with van der Waals surface area (Å²) in [5, 5.41) is 4.42. The summed E-state index contributed by atoms with van der Waals surface area (Å²) in [6.45, 7) is 3.40. The lowest BCUT2D eigenvalue weighted by Crippen LogP contribution is -1.87. The summed E-state index contributed by atoms with van der Waals surface area (Å²) < 4.78 is 1.59. The maximum Gasteiger partial charge on any atom is 0.182 e. The van der Waals surface area contributed by atoms with Crippen molar-refractivity contribution in [2.45, 2.75) is 0 Å². The van der Waals surface area contributed by atoms with Crippen molar-refractivity contribution in [3.63, 3.8) is 0 Å². The molecule has 0 aliphatic heterocycles. The quantitative estimate of drug-likeness (QED) is 0.495. The monoisotopic (exact) mass is 180 g/mol. The highest BCUT2D eigenvalue weighted by Crippen LogP contribution is 2.18. The third-order valence-electron chi connectivity index (χ3n) is 1.49. The summed E-state index contributed by atoms with van der Waals surface area (Å²) in [5.74, 6) is 0. The van der Waals surface area contributed by atoms with E-state index in [0.717, 1.165) is 0 Å². The molecular weight excluding hydrogens is 176 g/mol. The van der Waals surface area contributed by atoms with Crippen LogP contribution < -0.4 is 0 Å². The molecule has 0 N–H and O–H groups in total. The number of fused-ring (bicyclic) bond motifs is 1. The third-order valence-corrected chi connectivity index (χ3v) is 1.70. The fraction of sp³-hybridized carbons (Fsp3) is 0. The van der Waals surface area contributed by atoms with Crippen LogP contribution in [0.3, 0.4) is 0 Å². The number of nitrogens with zero attached hydrogens (tertiary/aromatic N) is 4. The zero-order chi connectivity index (χ0) is 8.55. The molecule has 2 heterocycles. The van der Waals surface area contributed by atoms with Crippen molar-refractivity contribution < 1.29 is 0 Å². The fourth-order valence-electron chi connectivity index (χ4n) is 0.946. The Morgan fingerprint density at radius 3 is 3.17 bits per heavy atom. The van der Waals surface area contributed by atoms with Gasteiger partial charge in [-0.05, 0) is 12.8 Å². The van der Waals surface area contributed by atoms with Crippen LogP contribution >= 0.6 is 11.6 Å². The van der Waals surface area contributed by atoms with Gasteiger partial charge in [-0.1, -0.05) is 11.6 Å². The average molecular weight is 181 g/mol. The first-order chi connectivity index (χ1) is 5.81. The molecule has 0 spiro atoms. The average Bonchev–Trinajstić information content (AvgIpc) is 2.46. The van der Waals surface area contributed by atoms with Crippen molar-refractivity contribution in [3.8, 4) is 0 Å². The first kappa shape index (κ1) is 7.24. The molecule has 5 heteroatoms. The van der Waals surface area contributed by atoms with Crippen molar-refractivity contribution in [2.24, 2.45) is 4.99 Å². The second-order valence-corrected chi connectivity index (χ2v) is 2.59. The number of rotatable bonds is 1. The normalized spacial score (nSPS) is 10.4. The first-order valence-corrected chi connectivity index (χ1v) is 3.65. The van der Waals surface area contributed by atoms with Gasteiger partial charge in [-0.25, -0.2) is 9.50 Å². The van der Waals surface area contributed by atoms with Crippen LogP contribution in [0.5, 0.6) is 0 Å². The Morgan fingerprint density at radius 2 is 2.42 bits per heavy atom. The number of aromatic nitrogens is 3. The molecule has 0 radical (unpaired) electrons. The molecule has 0 atom stereocenters. The standard InChI is InChI=1S/C7H5ClN4/c1-9-5-4-10-12-3-2-6(8)11-7(5)12/h2-4H,1H2. The largest absolute Gasteiger partial charge is 0.259 e. The molecule has 0 aromatic carbocycles. The lowest BCUT2D eigenvalue weighted by atomic mass is 10.5. The van der Waals surface area contributed by atoms with Crippen molar-refractivity contribution in [2.75, 3.05) is 0 Å². The van der Waals surface area contributed by atoms with E-state index in [0.29, 0.717) is 16.5 Å². The van der Waals surface area contributed by atoms with Crippen molar-refractivity contribution >= 4 is 29.7 Å². The van der Waals surface area contributed by atoms with Crippen molar-refractivity contribution in [3.05, 3.63) is 23.6 Å². The van der Waals surface area contributed by atoms with E-state index in [9.17, 15) is 0 Å². The molecule has 0 bridgehead atoms.